The third-order valence-electron chi connectivity index (χ3n) is 12.1. The van der Waals surface area contributed by atoms with Crippen molar-refractivity contribution >= 4 is 46.4 Å². The van der Waals surface area contributed by atoms with E-state index >= 15 is 0 Å². The van der Waals surface area contributed by atoms with Crippen molar-refractivity contribution in [1.82, 2.24) is 0 Å². The maximum absolute atomic E-state index is 11.3. The first kappa shape index (κ1) is 39.1. The molecule has 0 radical (unpaired) electrons. The van der Waals surface area contributed by atoms with Crippen LogP contribution in [0.1, 0.15) is 24.0 Å². The van der Waals surface area contributed by atoms with Gasteiger partial charge in [-0.2, -0.15) is 0 Å². The van der Waals surface area contributed by atoms with Gasteiger partial charge in [-0.05, 0) is 0 Å². The molecule has 0 aliphatic carbocycles. The number of benzene rings is 8. The Morgan fingerprint density at radius 2 is 0.672 bits per heavy atom. The van der Waals surface area contributed by atoms with Crippen LogP contribution >= 0.6 is 14.5 Å². The molecular formula is C54H52O2P2. The van der Waals surface area contributed by atoms with Crippen molar-refractivity contribution in [3.8, 4) is 22.6 Å². The van der Waals surface area contributed by atoms with Gasteiger partial charge in [-0.15, -0.1) is 0 Å². The van der Waals surface area contributed by atoms with Crippen LogP contribution in [-0.4, -0.2) is 22.5 Å². The summed E-state index contributed by atoms with van der Waals surface area (Å²) >= 11 is 0. The molecule has 0 aromatic heterocycles. The van der Waals surface area contributed by atoms with Crippen LogP contribution in [0.15, 0.2) is 218 Å². The second kappa shape index (κ2) is 18.2. The molecule has 0 unspecified atom stereocenters. The number of hydrogen-bond donors (Lipinski definition) is 2. The average Bonchev–Trinajstić information content (AvgIpc) is 3.30. The minimum atomic E-state index is -2.40. The van der Waals surface area contributed by atoms with Crippen molar-refractivity contribution in [2.45, 2.75) is 25.7 Å². The van der Waals surface area contributed by atoms with E-state index in [-0.39, 0.29) is 5.75 Å². The Morgan fingerprint density at radius 1 is 0.328 bits per heavy atom. The Balaban J connectivity index is 1.05. The zero-order valence-corrected chi connectivity index (χ0v) is 34.9. The first-order valence-corrected chi connectivity index (χ1v) is 25.0. The fraction of sp³-hybridized carbons (Fsp3) is 0.111. The summed E-state index contributed by atoms with van der Waals surface area (Å²) in [5, 5.41) is 30.9. The van der Waals surface area contributed by atoms with E-state index in [1.807, 2.05) is 12.1 Å². The van der Waals surface area contributed by atoms with E-state index in [1.165, 1.54) is 37.4 Å². The molecule has 8 rings (SSSR count). The van der Waals surface area contributed by atoms with Gasteiger partial charge in [0.2, 0.25) is 0 Å². The first-order valence-electron chi connectivity index (χ1n) is 20.6. The zero-order valence-electron chi connectivity index (χ0n) is 32.9. The number of hydrogen-bond acceptors (Lipinski definition) is 2. The number of phenols is 2. The van der Waals surface area contributed by atoms with Crippen LogP contribution < -0.4 is 31.8 Å². The summed E-state index contributed by atoms with van der Waals surface area (Å²) in [4.78, 5) is 0. The van der Waals surface area contributed by atoms with Gasteiger partial charge >= 0.3 is 347 Å². The van der Waals surface area contributed by atoms with Crippen molar-refractivity contribution < 1.29 is 10.2 Å². The molecule has 0 aliphatic rings. The monoisotopic (exact) mass is 794 g/mol. The van der Waals surface area contributed by atoms with Crippen molar-refractivity contribution in [1.29, 1.82) is 0 Å². The van der Waals surface area contributed by atoms with Gasteiger partial charge in [0, 0.05) is 0 Å². The fourth-order valence-corrected chi connectivity index (χ4v) is 18.9. The van der Waals surface area contributed by atoms with E-state index < -0.39 is 14.5 Å². The van der Waals surface area contributed by atoms with Crippen LogP contribution in [0.25, 0.3) is 11.1 Å². The Hall–Kier alpha value is -5.78. The Bertz CT molecular complexity index is 2320. The van der Waals surface area contributed by atoms with E-state index in [0.717, 1.165) is 54.7 Å². The van der Waals surface area contributed by atoms with Crippen molar-refractivity contribution in [3.05, 3.63) is 230 Å². The molecule has 2 N–H and O–H groups in total. The second-order valence-electron chi connectivity index (χ2n) is 15.4. The summed E-state index contributed by atoms with van der Waals surface area (Å²) in [6.07, 6.45) is 5.59. The Labute approximate surface area is 345 Å². The van der Waals surface area contributed by atoms with E-state index in [0.29, 0.717) is 5.75 Å². The molecule has 8 aromatic carbocycles. The van der Waals surface area contributed by atoms with Crippen LogP contribution in [0.2, 0.25) is 0 Å². The van der Waals surface area contributed by atoms with Crippen LogP contribution in [0.4, 0.5) is 0 Å². The summed E-state index contributed by atoms with van der Waals surface area (Å²) in [6, 6.07) is 78.2. The van der Waals surface area contributed by atoms with E-state index in [4.69, 9.17) is 0 Å². The Kier molecular flexibility index (Phi) is 12.3. The molecule has 290 valence electrons. The normalized spacial score (nSPS) is 12.2. The third-order valence-corrected chi connectivity index (χ3v) is 22.2. The van der Waals surface area contributed by atoms with Gasteiger partial charge in [-0.3, -0.25) is 0 Å². The molecule has 0 heterocycles. The molecular weight excluding hydrogens is 743 g/mol. The first-order chi connectivity index (χ1) is 28.6. The topological polar surface area (TPSA) is 40.5 Å². The zero-order chi connectivity index (χ0) is 39.6. The number of aromatic hydroxyl groups is 2. The fourth-order valence-electron chi connectivity index (χ4n) is 9.23. The molecule has 2 nitrogen and oxygen atoms in total. The molecule has 4 heteroatoms. The quantitative estimate of drug-likeness (QED) is 0.102. The standard InChI is InChI=1S/C54H52O2P2/c55-53-38-36-44(42-45(53)22-20-40-58(49-29-13-4-14-30-49,50-31-15-5-16-32-50)51-33-17-6-18-34-51)52-41-43(35-37-54(52)56)21-19-39-57(46-23-7-1-8-24-46,47-25-9-2-10-26-47)48-27-11-3-12-28-48/h1-18,23-38,41-42,55-58H,19-22,39-40H2. The van der Waals surface area contributed by atoms with Crippen LogP contribution in [-0.2, 0) is 12.8 Å². The predicted octanol–water partition coefficient (Wildman–Crippen LogP) is 10.1. The van der Waals surface area contributed by atoms with E-state index in [9.17, 15) is 10.2 Å². The summed E-state index contributed by atoms with van der Waals surface area (Å²) in [6.45, 7) is 0. The summed E-state index contributed by atoms with van der Waals surface area (Å²) in [5.41, 5.74) is 3.83. The van der Waals surface area contributed by atoms with Crippen LogP contribution in [0.5, 0.6) is 11.5 Å². The minimum absolute atomic E-state index is 0.255. The molecule has 0 bridgehead atoms. The summed E-state index contributed by atoms with van der Waals surface area (Å²) < 4.78 is 0. The molecule has 0 saturated heterocycles. The molecule has 0 spiro atoms. The van der Waals surface area contributed by atoms with Gasteiger partial charge in [0.05, 0.1) is 0 Å². The predicted molar refractivity (Wildman–Crippen MR) is 255 cm³/mol. The van der Waals surface area contributed by atoms with Crippen molar-refractivity contribution in [2.75, 3.05) is 12.3 Å². The molecule has 58 heavy (non-hydrogen) atoms. The molecule has 0 atom stereocenters. The third kappa shape index (κ3) is 8.14. The van der Waals surface area contributed by atoms with E-state index in [2.05, 4.69) is 200 Å². The molecule has 8 aromatic rings. The molecule has 0 saturated carbocycles. The van der Waals surface area contributed by atoms with E-state index in [1.54, 1.807) is 6.07 Å². The number of rotatable bonds is 15. The van der Waals surface area contributed by atoms with Crippen LogP contribution in [0, 0.1) is 0 Å². The SMILES string of the molecule is Oc1ccc(-c2cc(CCC[PH](c3ccccc3)(c3ccccc3)c3ccccc3)ccc2O)cc1CCC[PH](c1ccccc1)(c1ccccc1)c1ccccc1. The molecule has 0 amide bonds. The van der Waals surface area contributed by atoms with Crippen molar-refractivity contribution in [2.24, 2.45) is 0 Å². The van der Waals surface area contributed by atoms with Crippen molar-refractivity contribution in [3.63, 3.8) is 0 Å². The van der Waals surface area contributed by atoms with Gasteiger partial charge in [-0.1, -0.05) is 0 Å². The molecule has 0 aliphatic heterocycles. The summed E-state index contributed by atoms with van der Waals surface area (Å²) in [5.74, 6) is 0.556. The number of phenolic OH excluding ortho intramolecular Hbond substituents is 2. The Morgan fingerprint density at radius 3 is 1.05 bits per heavy atom. The van der Waals surface area contributed by atoms with Crippen LogP contribution in [0.3, 0.4) is 0 Å². The molecule has 0 fully saturated rings. The second-order valence-corrected chi connectivity index (χ2v) is 23.5. The average molecular weight is 795 g/mol. The van der Waals surface area contributed by atoms with Gasteiger partial charge < -0.3 is 0 Å². The van der Waals surface area contributed by atoms with Gasteiger partial charge in [-0.25, -0.2) is 0 Å². The summed E-state index contributed by atoms with van der Waals surface area (Å²) in [7, 11) is -4.75. The van der Waals surface area contributed by atoms with Gasteiger partial charge in [0.15, 0.2) is 0 Å². The van der Waals surface area contributed by atoms with Gasteiger partial charge in [0.25, 0.3) is 0 Å². The maximum atomic E-state index is 11.3. The van der Waals surface area contributed by atoms with Gasteiger partial charge in [0.1, 0.15) is 0 Å². The number of aryl methyl sites for hydroxylation is 2.